The molecule has 4 heterocycles. The van der Waals surface area contributed by atoms with E-state index in [1.165, 1.54) is 23.2 Å². The van der Waals surface area contributed by atoms with Crippen molar-refractivity contribution in [1.82, 2.24) is 19.4 Å². The van der Waals surface area contributed by atoms with Gasteiger partial charge in [0.05, 0.1) is 46.0 Å². The maximum absolute atomic E-state index is 15.1. The molecule has 0 saturated carbocycles. The highest BCUT2D eigenvalue weighted by atomic mass is 35.5. The van der Waals surface area contributed by atoms with Crippen LogP contribution in [0.2, 0.25) is 5.02 Å². The normalized spacial score (nSPS) is 21.8. The number of hydrogen-bond donors (Lipinski definition) is 2. The number of nitrogens with zero attached hydrogens (tertiary/aromatic N) is 3. The van der Waals surface area contributed by atoms with Crippen LogP contribution >= 0.6 is 11.6 Å². The lowest BCUT2D eigenvalue weighted by Crippen LogP contribution is -2.53. The molecule has 1 spiro atoms. The van der Waals surface area contributed by atoms with E-state index in [-0.39, 0.29) is 40.2 Å². The van der Waals surface area contributed by atoms with Crippen molar-refractivity contribution >= 4 is 39.3 Å². The minimum absolute atomic E-state index is 0.0268. The third kappa shape index (κ3) is 4.05. The largest absolute Gasteiger partial charge is 0.436 e. The number of hydrogen-bond acceptors (Lipinski definition) is 6. The molecule has 3 aliphatic heterocycles. The summed E-state index contributed by atoms with van der Waals surface area (Å²) in [7, 11) is -3.44. The van der Waals surface area contributed by atoms with Crippen molar-refractivity contribution < 1.29 is 27.1 Å². The Bertz CT molecular complexity index is 1580. The standard InChI is InChI=1S/C24H21ClFN5O5S/c25-17-3-4-18-20(21(17)26)24(36-23(33)29-18)6-1-7-30(13-24)22(32)16-9-27-31(12-16)11-14-2-5-19-15(8-14)10-28-37(19,34)35/h2-5,8-9,12,28H,1,6-7,10-11,13H2,(H,29,33)/t24-/m0/s1. The number of aromatic nitrogens is 2. The highest BCUT2D eigenvalue weighted by Crippen LogP contribution is 2.45. The monoisotopic (exact) mass is 545 g/mol. The molecule has 0 unspecified atom stereocenters. The lowest BCUT2D eigenvalue weighted by Gasteiger charge is -2.45. The van der Waals surface area contributed by atoms with Gasteiger partial charge in [-0.25, -0.2) is 22.3 Å². The molecule has 2 N–H and O–H groups in total. The fourth-order valence-corrected chi connectivity index (χ4v) is 6.64. The van der Waals surface area contributed by atoms with Crippen molar-refractivity contribution in [3.63, 3.8) is 0 Å². The van der Waals surface area contributed by atoms with Crippen molar-refractivity contribution in [2.24, 2.45) is 0 Å². The Hall–Kier alpha value is -3.48. The number of anilines is 1. The van der Waals surface area contributed by atoms with Gasteiger partial charge in [-0.2, -0.15) is 5.10 Å². The number of amides is 2. The van der Waals surface area contributed by atoms with E-state index in [0.717, 1.165) is 5.56 Å². The Morgan fingerprint density at radius 1 is 1.27 bits per heavy atom. The number of likely N-dealkylation sites (tertiary alicyclic amines) is 1. The molecule has 0 radical (unpaired) electrons. The Balaban J connectivity index is 1.23. The zero-order valence-corrected chi connectivity index (χ0v) is 20.9. The molecule has 192 valence electrons. The van der Waals surface area contributed by atoms with Crippen LogP contribution in [0, 0.1) is 5.82 Å². The number of halogens is 2. The molecule has 3 aromatic rings. The predicted molar refractivity (Wildman–Crippen MR) is 130 cm³/mol. The van der Waals surface area contributed by atoms with Crippen LogP contribution in [0.3, 0.4) is 0 Å². The van der Waals surface area contributed by atoms with Gasteiger partial charge in [-0.15, -0.1) is 0 Å². The number of nitrogens with one attached hydrogen (secondary N) is 2. The van der Waals surface area contributed by atoms with Crippen LogP contribution < -0.4 is 10.0 Å². The summed E-state index contributed by atoms with van der Waals surface area (Å²) in [5, 5.41) is 6.70. The summed E-state index contributed by atoms with van der Waals surface area (Å²) < 4.78 is 48.7. The van der Waals surface area contributed by atoms with Gasteiger partial charge < -0.3 is 9.64 Å². The van der Waals surface area contributed by atoms with Gasteiger partial charge in [-0.05, 0) is 42.2 Å². The predicted octanol–water partition coefficient (Wildman–Crippen LogP) is 3.21. The number of sulfonamides is 1. The van der Waals surface area contributed by atoms with E-state index < -0.39 is 27.5 Å². The molecule has 2 aromatic carbocycles. The van der Waals surface area contributed by atoms with E-state index in [1.54, 1.807) is 29.1 Å². The van der Waals surface area contributed by atoms with Crippen LogP contribution in [0.25, 0.3) is 0 Å². The Morgan fingerprint density at radius 3 is 2.95 bits per heavy atom. The molecule has 0 aliphatic carbocycles. The molecule has 3 aliphatic rings. The van der Waals surface area contributed by atoms with Crippen LogP contribution in [0.1, 0.15) is 39.9 Å². The van der Waals surface area contributed by atoms with Gasteiger partial charge in [0.2, 0.25) is 10.0 Å². The quantitative estimate of drug-likeness (QED) is 0.521. The van der Waals surface area contributed by atoms with Crippen LogP contribution in [0.15, 0.2) is 47.6 Å². The first-order chi connectivity index (χ1) is 17.6. The number of piperidine rings is 1. The molecule has 1 fully saturated rings. The van der Waals surface area contributed by atoms with E-state index in [2.05, 4.69) is 15.1 Å². The molecule has 1 saturated heterocycles. The zero-order valence-electron chi connectivity index (χ0n) is 19.3. The van der Waals surface area contributed by atoms with Gasteiger partial charge in [0.1, 0.15) is 0 Å². The van der Waals surface area contributed by atoms with E-state index in [9.17, 15) is 18.0 Å². The van der Waals surface area contributed by atoms with Gasteiger partial charge in [0, 0.05) is 19.3 Å². The van der Waals surface area contributed by atoms with E-state index in [0.29, 0.717) is 37.1 Å². The molecule has 37 heavy (non-hydrogen) atoms. The molecule has 1 atom stereocenters. The number of ether oxygens (including phenoxy) is 1. The fraction of sp³-hybridized carbons (Fsp3) is 0.292. The van der Waals surface area contributed by atoms with Crippen molar-refractivity contribution in [3.05, 3.63) is 75.8 Å². The van der Waals surface area contributed by atoms with Crippen molar-refractivity contribution in [2.45, 2.75) is 36.4 Å². The smallest absolute Gasteiger partial charge is 0.412 e. The Kier molecular flexibility index (Phi) is 5.51. The van der Waals surface area contributed by atoms with Gasteiger partial charge in [-0.1, -0.05) is 23.7 Å². The summed E-state index contributed by atoms with van der Waals surface area (Å²) in [6.45, 7) is 0.951. The zero-order chi connectivity index (χ0) is 25.9. The first kappa shape index (κ1) is 23.9. The number of carbonyl (C=O) groups is 2. The lowest BCUT2D eigenvalue weighted by molar-refractivity contribution is -0.0418. The van der Waals surface area contributed by atoms with E-state index >= 15 is 4.39 Å². The van der Waals surface area contributed by atoms with Gasteiger partial charge in [0.15, 0.2) is 11.4 Å². The molecule has 1 aromatic heterocycles. The maximum atomic E-state index is 15.1. The van der Waals surface area contributed by atoms with Crippen molar-refractivity contribution in [1.29, 1.82) is 0 Å². The third-order valence-corrected chi connectivity index (χ3v) is 8.70. The van der Waals surface area contributed by atoms with Crippen LogP contribution in [-0.4, -0.2) is 48.2 Å². The second-order valence-electron chi connectivity index (χ2n) is 9.32. The summed E-state index contributed by atoms with van der Waals surface area (Å²) in [6, 6.07) is 7.96. The summed E-state index contributed by atoms with van der Waals surface area (Å²) in [5.74, 6) is -1.01. The first-order valence-corrected chi connectivity index (χ1v) is 13.4. The number of fused-ring (bicyclic) bond motifs is 3. The maximum Gasteiger partial charge on any atom is 0.412 e. The summed E-state index contributed by atoms with van der Waals surface area (Å²) >= 11 is 6.03. The second kappa shape index (κ2) is 8.54. The summed E-state index contributed by atoms with van der Waals surface area (Å²) in [5.41, 5.74) is 0.911. The molecule has 13 heteroatoms. The second-order valence-corrected chi connectivity index (χ2v) is 11.5. The van der Waals surface area contributed by atoms with Gasteiger partial charge in [-0.3, -0.25) is 14.8 Å². The van der Waals surface area contributed by atoms with E-state index in [4.69, 9.17) is 16.3 Å². The van der Waals surface area contributed by atoms with Crippen LogP contribution in [0.5, 0.6) is 0 Å². The Morgan fingerprint density at radius 2 is 2.11 bits per heavy atom. The molecule has 6 rings (SSSR count). The lowest BCUT2D eigenvalue weighted by atomic mass is 9.83. The SMILES string of the molecule is O=C1Nc2ccc(Cl)c(F)c2[C@@]2(CCCN(C(=O)c3cnn(Cc4ccc5c(c4)CNS5(=O)=O)c3)C2)O1. The van der Waals surface area contributed by atoms with Crippen molar-refractivity contribution in [3.8, 4) is 0 Å². The highest BCUT2D eigenvalue weighted by Gasteiger charge is 2.48. The summed E-state index contributed by atoms with van der Waals surface area (Å²) in [4.78, 5) is 27.5. The van der Waals surface area contributed by atoms with Crippen LogP contribution in [0.4, 0.5) is 14.9 Å². The number of benzene rings is 2. The number of carbonyl (C=O) groups excluding carboxylic acids is 2. The molecule has 0 bridgehead atoms. The van der Waals surface area contributed by atoms with Crippen molar-refractivity contribution in [2.75, 3.05) is 18.4 Å². The van der Waals surface area contributed by atoms with Gasteiger partial charge >= 0.3 is 6.09 Å². The average Bonchev–Trinajstić information content (AvgIpc) is 3.44. The first-order valence-electron chi connectivity index (χ1n) is 11.6. The number of rotatable bonds is 3. The molecule has 2 amide bonds. The molecule has 10 nitrogen and oxygen atoms in total. The summed E-state index contributed by atoms with van der Waals surface area (Å²) in [6.07, 6.45) is 3.17. The average molecular weight is 546 g/mol. The third-order valence-electron chi connectivity index (χ3n) is 6.91. The molecular formula is C24H21ClFN5O5S. The topological polar surface area (TPSA) is 123 Å². The fourth-order valence-electron chi connectivity index (χ4n) is 5.26. The van der Waals surface area contributed by atoms with E-state index in [1.807, 2.05) is 0 Å². The highest BCUT2D eigenvalue weighted by molar-refractivity contribution is 7.89. The van der Waals surface area contributed by atoms with Gasteiger partial charge in [0.25, 0.3) is 5.91 Å². The minimum Gasteiger partial charge on any atom is -0.436 e. The Labute approximate surface area is 216 Å². The minimum atomic E-state index is -3.44. The van der Waals surface area contributed by atoms with Crippen LogP contribution in [-0.2, 0) is 33.5 Å². The molecular weight excluding hydrogens is 525 g/mol.